The molecule has 0 aliphatic carbocycles. The Morgan fingerprint density at radius 2 is 1.95 bits per heavy atom. The van der Waals surface area contributed by atoms with E-state index < -0.39 is 0 Å². The number of carbonyl (C=O) groups is 1. The van der Waals surface area contributed by atoms with E-state index in [-0.39, 0.29) is 12.0 Å². The first-order valence-electron chi connectivity index (χ1n) is 7.93. The Kier molecular flexibility index (Phi) is 6.68. The minimum Gasteiger partial charge on any atom is -0.393 e. The van der Waals surface area contributed by atoms with Gasteiger partial charge in [-0.2, -0.15) is 0 Å². The molecule has 1 aromatic carbocycles. The summed E-state index contributed by atoms with van der Waals surface area (Å²) in [6.45, 7) is 2.71. The second-order valence-corrected chi connectivity index (χ2v) is 6.52. The van der Waals surface area contributed by atoms with Crippen LogP contribution in [0.15, 0.2) is 24.3 Å². The summed E-state index contributed by atoms with van der Waals surface area (Å²) in [5.41, 5.74) is 1.27. The van der Waals surface area contributed by atoms with Crippen LogP contribution in [0.4, 0.5) is 0 Å². The average molecular weight is 325 g/mol. The van der Waals surface area contributed by atoms with Gasteiger partial charge in [0.1, 0.15) is 0 Å². The molecule has 1 aliphatic heterocycles. The summed E-state index contributed by atoms with van der Waals surface area (Å²) in [5.74, 6) is 0.167. The van der Waals surface area contributed by atoms with Crippen molar-refractivity contribution in [3.05, 3.63) is 34.9 Å². The third-order valence-electron chi connectivity index (χ3n) is 4.14. The molecule has 1 aromatic rings. The first kappa shape index (κ1) is 17.3. The predicted octanol–water partition coefficient (Wildman–Crippen LogP) is 2.19. The maximum atomic E-state index is 12.2. The lowest BCUT2D eigenvalue weighted by atomic mass is 10.1. The molecule has 1 fully saturated rings. The second kappa shape index (κ2) is 8.51. The normalized spacial score (nSPS) is 16.3. The van der Waals surface area contributed by atoms with Crippen molar-refractivity contribution >= 4 is 17.5 Å². The van der Waals surface area contributed by atoms with E-state index in [1.165, 1.54) is 5.56 Å². The molecule has 0 aromatic heterocycles. The van der Waals surface area contributed by atoms with Crippen LogP contribution in [0.3, 0.4) is 0 Å². The Morgan fingerprint density at radius 1 is 1.32 bits per heavy atom. The van der Waals surface area contributed by atoms with Crippen LogP contribution < -0.4 is 0 Å². The summed E-state index contributed by atoms with van der Waals surface area (Å²) in [5, 5.41) is 10.2. The highest BCUT2D eigenvalue weighted by atomic mass is 35.5. The molecule has 0 spiro atoms. The quantitative estimate of drug-likeness (QED) is 0.872. The number of piperidine rings is 1. The van der Waals surface area contributed by atoms with Gasteiger partial charge in [0, 0.05) is 18.1 Å². The van der Waals surface area contributed by atoms with E-state index in [4.69, 9.17) is 11.6 Å². The zero-order valence-corrected chi connectivity index (χ0v) is 13.9. The van der Waals surface area contributed by atoms with Gasteiger partial charge in [0.25, 0.3) is 0 Å². The van der Waals surface area contributed by atoms with Crippen molar-refractivity contribution in [2.75, 3.05) is 33.2 Å². The molecular weight excluding hydrogens is 300 g/mol. The number of rotatable bonds is 6. The Morgan fingerprint density at radius 3 is 2.59 bits per heavy atom. The molecule has 4 nitrogen and oxygen atoms in total. The molecule has 0 bridgehead atoms. The molecule has 0 radical (unpaired) electrons. The summed E-state index contributed by atoms with van der Waals surface area (Å²) in [6.07, 6.45) is 3.18. The van der Waals surface area contributed by atoms with Crippen molar-refractivity contribution in [3.63, 3.8) is 0 Å². The summed E-state index contributed by atoms with van der Waals surface area (Å²) in [6, 6.07) is 7.92. The van der Waals surface area contributed by atoms with Gasteiger partial charge in [0.15, 0.2) is 0 Å². The molecule has 122 valence electrons. The van der Waals surface area contributed by atoms with Crippen LogP contribution >= 0.6 is 11.6 Å². The van der Waals surface area contributed by atoms with Gasteiger partial charge in [-0.05, 0) is 57.0 Å². The van der Waals surface area contributed by atoms with E-state index in [0.29, 0.717) is 32.5 Å². The number of halogens is 1. The third kappa shape index (κ3) is 5.59. The number of likely N-dealkylation sites (N-methyl/N-ethyl adjacent to an activating group) is 1. The van der Waals surface area contributed by atoms with E-state index >= 15 is 0 Å². The van der Waals surface area contributed by atoms with Gasteiger partial charge in [-0.3, -0.25) is 9.69 Å². The van der Waals surface area contributed by atoms with E-state index in [9.17, 15) is 9.90 Å². The highest BCUT2D eigenvalue weighted by Gasteiger charge is 2.21. The zero-order chi connectivity index (χ0) is 15.9. The second-order valence-electron chi connectivity index (χ2n) is 6.08. The maximum Gasteiger partial charge on any atom is 0.236 e. The highest BCUT2D eigenvalue weighted by molar-refractivity contribution is 6.30. The molecule has 1 amide bonds. The van der Waals surface area contributed by atoms with Crippen molar-refractivity contribution in [1.29, 1.82) is 0 Å². The van der Waals surface area contributed by atoms with Crippen LogP contribution in [-0.2, 0) is 11.2 Å². The fourth-order valence-corrected chi connectivity index (χ4v) is 2.86. The monoisotopic (exact) mass is 324 g/mol. The van der Waals surface area contributed by atoms with Gasteiger partial charge in [-0.1, -0.05) is 23.7 Å². The molecule has 0 atom stereocenters. The fraction of sp³-hybridized carbons (Fsp3) is 0.588. The minimum absolute atomic E-state index is 0.167. The zero-order valence-electron chi connectivity index (χ0n) is 13.2. The van der Waals surface area contributed by atoms with Gasteiger partial charge >= 0.3 is 0 Å². The van der Waals surface area contributed by atoms with Gasteiger partial charge in [0.2, 0.25) is 5.91 Å². The largest absolute Gasteiger partial charge is 0.393 e. The summed E-state index contributed by atoms with van der Waals surface area (Å²) in [4.78, 5) is 16.1. The number of benzene rings is 1. The summed E-state index contributed by atoms with van der Waals surface area (Å²) in [7, 11) is 1.98. The van der Waals surface area contributed by atoms with Gasteiger partial charge in [-0.25, -0.2) is 0 Å². The average Bonchev–Trinajstić information content (AvgIpc) is 2.50. The van der Waals surface area contributed by atoms with Crippen LogP contribution in [0.2, 0.25) is 5.02 Å². The number of amides is 1. The minimum atomic E-state index is -0.235. The number of hydrogen-bond acceptors (Lipinski definition) is 3. The van der Waals surface area contributed by atoms with Gasteiger partial charge in [-0.15, -0.1) is 0 Å². The van der Waals surface area contributed by atoms with Crippen LogP contribution in [0.5, 0.6) is 0 Å². The molecule has 0 unspecified atom stereocenters. The topological polar surface area (TPSA) is 43.8 Å². The lowest BCUT2D eigenvalue weighted by Gasteiger charge is -2.31. The molecule has 1 N–H and O–H groups in total. The fourth-order valence-electron chi connectivity index (χ4n) is 2.73. The van der Waals surface area contributed by atoms with Gasteiger partial charge in [0.05, 0.1) is 12.6 Å². The van der Waals surface area contributed by atoms with E-state index in [1.54, 1.807) is 0 Å². The Labute approximate surface area is 137 Å². The number of aryl methyl sites for hydroxylation is 1. The van der Waals surface area contributed by atoms with Crippen molar-refractivity contribution in [1.82, 2.24) is 9.80 Å². The number of likely N-dealkylation sites (tertiary alicyclic amines) is 1. The summed E-state index contributed by atoms with van der Waals surface area (Å²) < 4.78 is 0. The van der Waals surface area contributed by atoms with Crippen molar-refractivity contribution in [3.8, 4) is 0 Å². The molecule has 1 saturated heterocycles. The first-order chi connectivity index (χ1) is 10.5. The first-order valence-corrected chi connectivity index (χ1v) is 8.31. The van der Waals surface area contributed by atoms with E-state index in [1.807, 2.05) is 36.2 Å². The van der Waals surface area contributed by atoms with Crippen LogP contribution in [0, 0.1) is 0 Å². The smallest absolute Gasteiger partial charge is 0.236 e. The highest BCUT2D eigenvalue weighted by Crippen LogP contribution is 2.12. The summed E-state index contributed by atoms with van der Waals surface area (Å²) >= 11 is 5.87. The number of hydrogen-bond donors (Lipinski definition) is 1. The lowest BCUT2D eigenvalue weighted by Crippen LogP contribution is -2.44. The third-order valence-corrected chi connectivity index (χ3v) is 4.39. The van der Waals surface area contributed by atoms with Crippen molar-refractivity contribution < 1.29 is 9.90 Å². The molecule has 22 heavy (non-hydrogen) atoms. The number of carbonyl (C=O) groups excluding carboxylic acids is 1. The van der Waals surface area contributed by atoms with E-state index in [0.717, 1.165) is 24.4 Å². The van der Waals surface area contributed by atoms with Crippen molar-refractivity contribution in [2.24, 2.45) is 0 Å². The van der Waals surface area contributed by atoms with E-state index in [2.05, 4.69) is 4.90 Å². The number of nitrogens with zero attached hydrogens (tertiary/aromatic N) is 2. The maximum absolute atomic E-state index is 12.2. The molecule has 0 saturated carbocycles. The molecule has 5 heteroatoms. The molecule has 1 heterocycles. The SMILES string of the molecule is CN(CCCc1ccc(Cl)cc1)CC(=O)N1CCC(O)CC1. The Bertz CT molecular complexity index is 470. The van der Waals surface area contributed by atoms with Crippen LogP contribution in [-0.4, -0.2) is 60.1 Å². The lowest BCUT2D eigenvalue weighted by molar-refractivity contribution is -0.134. The molecule has 2 rings (SSSR count). The van der Waals surface area contributed by atoms with Gasteiger partial charge < -0.3 is 10.0 Å². The molecular formula is C17H25ClN2O2. The van der Waals surface area contributed by atoms with Crippen molar-refractivity contribution in [2.45, 2.75) is 31.8 Å². The Balaban J connectivity index is 1.65. The predicted molar refractivity (Wildman–Crippen MR) is 89.1 cm³/mol. The number of aliphatic hydroxyl groups is 1. The van der Waals surface area contributed by atoms with Crippen LogP contribution in [0.25, 0.3) is 0 Å². The molecule has 1 aliphatic rings. The number of aliphatic hydroxyl groups excluding tert-OH is 1. The van der Waals surface area contributed by atoms with Crippen LogP contribution in [0.1, 0.15) is 24.8 Å². The Hall–Kier alpha value is -1.10. The standard InChI is InChI=1S/C17H25ClN2O2/c1-19(10-2-3-14-4-6-15(18)7-5-14)13-17(22)20-11-8-16(21)9-12-20/h4-7,16,21H,2-3,8-13H2,1H3.